The summed E-state index contributed by atoms with van der Waals surface area (Å²) < 4.78 is 2.26. The third-order valence-corrected chi connectivity index (χ3v) is 2.98. The fourth-order valence-electron chi connectivity index (χ4n) is 1.91. The van der Waals surface area contributed by atoms with Gasteiger partial charge in [-0.2, -0.15) is 0 Å². The normalized spacial score (nSPS) is 11.1. The van der Waals surface area contributed by atoms with Crippen molar-refractivity contribution >= 4 is 22.5 Å². The molecule has 15 heavy (non-hydrogen) atoms. The molecule has 2 heterocycles. The SMILES string of the molecule is CCCCn1c(C)cc2ccnc(Cl)c21. The minimum atomic E-state index is 0.608. The fraction of sp³-hybridized carbons (Fsp3) is 0.417. The van der Waals surface area contributed by atoms with Crippen LogP contribution in [-0.2, 0) is 6.54 Å². The molecule has 3 heteroatoms. The summed E-state index contributed by atoms with van der Waals surface area (Å²) in [6.07, 6.45) is 4.13. The average Bonchev–Trinajstić information content (AvgIpc) is 2.53. The van der Waals surface area contributed by atoms with Crippen LogP contribution >= 0.6 is 11.6 Å². The van der Waals surface area contributed by atoms with E-state index in [4.69, 9.17) is 11.6 Å². The Morgan fingerprint density at radius 3 is 3.00 bits per heavy atom. The van der Waals surface area contributed by atoms with Gasteiger partial charge in [0.2, 0.25) is 0 Å². The Kier molecular flexibility index (Phi) is 2.96. The van der Waals surface area contributed by atoms with Crippen molar-refractivity contribution in [1.29, 1.82) is 0 Å². The highest BCUT2D eigenvalue weighted by Gasteiger charge is 2.08. The van der Waals surface area contributed by atoms with Crippen molar-refractivity contribution in [2.24, 2.45) is 0 Å². The van der Waals surface area contributed by atoms with Gasteiger partial charge in [0.1, 0.15) is 0 Å². The third-order valence-electron chi connectivity index (χ3n) is 2.71. The lowest BCUT2D eigenvalue weighted by Gasteiger charge is -2.07. The molecule has 0 aliphatic carbocycles. The molecule has 2 nitrogen and oxygen atoms in total. The summed E-state index contributed by atoms with van der Waals surface area (Å²) in [5.41, 5.74) is 2.33. The highest BCUT2D eigenvalue weighted by molar-refractivity contribution is 6.33. The zero-order valence-corrected chi connectivity index (χ0v) is 9.88. The summed E-state index contributed by atoms with van der Waals surface area (Å²) in [5, 5.41) is 1.79. The van der Waals surface area contributed by atoms with Gasteiger partial charge in [0.05, 0.1) is 5.52 Å². The van der Waals surface area contributed by atoms with Crippen LogP contribution in [-0.4, -0.2) is 9.55 Å². The summed E-state index contributed by atoms with van der Waals surface area (Å²) in [6.45, 7) is 5.34. The van der Waals surface area contributed by atoms with Gasteiger partial charge in [-0.3, -0.25) is 0 Å². The van der Waals surface area contributed by atoms with E-state index in [-0.39, 0.29) is 0 Å². The van der Waals surface area contributed by atoms with Crippen molar-refractivity contribution in [3.05, 3.63) is 29.2 Å². The Balaban J connectivity index is 2.55. The van der Waals surface area contributed by atoms with Gasteiger partial charge in [-0.05, 0) is 25.5 Å². The first-order valence-electron chi connectivity index (χ1n) is 5.34. The maximum Gasteiger partial charge on any atom is 0.153 e. The van der Waals surface area contributed by atoms with Gasteiger partial charge < -0.3 is 4.57 Å². The van der Waals surface area contributed by atoms with Gasteiger partial charge in [0.15, 0.2) is 5.15 Å². The van der Waals surface area contributed by atoms with Crippen LogP contribution in [0.4, 0.5) is 0 Å². The summed E-state index contributed by atoms with van der Waals surface area (Å²) in [4.78, 5) is 4.13. The largest absolute Gasteiger partial charge is 0.342 e. The third kappa shape index (κ3) is 1.86. The molecule has 0 unspecified atom stereocenters. The summed E-state index contributed by atoms with van der Waals surface area (Å²) >= 11 is 6.12. The minimum absolute atomic E-state index is 0.608. The number of aryl methyl sites for hydroxylation is 2. The van der Waals surface area contributed by atoms with Crippen LogP contribution in [0.15, 0.2) is 18.3 Å². The summed E-state index contributed by atoms with van der Waals surface area (Å²) in [7, 11) is 0. The van der Waals surface area contributed by atoms with E-state index in [2.05, 4.69) is 29.5 Å². The molecule has 0 atom stereocenters. The molecule has 2 aromatic rings. The van der Waals surface area contributed by atoms with Crippen LogP contribution < -0.4 is 0 Å². The van der Waals surface area contributed by atoms with Crippen molar-refractivity contribution < 1.29 is 0 Å². The molecular formula is C12H15ClN2. The number of nitrogens with zero attached hydrogens (tertiary/aromatic N) is 2. The number of hydrogen-bond donors (Lipinski definition) is 0. The summed E-state index contributed by atoms with van der Waals surface area (Å²) in [5.74, 6) is 0. The number of rotatable bonds is 3. The maximum atomic E-state index is 6.12. The number of fused-ring (bicyclic) bond motifs is 1. The van der Waals surface area contributed by atoms with E-state index in [0.717, 1.165) is 12.1 Å². The first-order chi connectivity index (χ1) is 7.24. The second-order valence-corrected chi connectivity index (χ2v) is 4.19. The predicted octanol–water partition coefficient (Wildman–Crippen LogP) is 3.80. The highest BCUT2D eigenvalue weighted by Crippen LogP contribution is 2.25. The van der Waals surface area contributed by atoms with E-state index in [0.29, 0.717) is 5.15 Å². The zero-order valence-electron chi connectivity index (χ0n) is 9.13. The molecule has 0 fully saturated rings. The van der Waals surface area contributed by atoms with Crippen LogP contribution in [0, 0.1) is 6.92 Å². The molecule has 0 radical (unpaired) electrons. The van der Waals surface area contributed by atoms with Gasteiger partial charge in [0.25, 0.3) is 0 Å². The second kappa shape index (κ2) is 4.23. The zero-order chi connectivity index (χ0) is 10.8. The molecule has 0 bridgehead atoms. The van der Waals surface area contributed by atoms with Gasteiger partial charge in [0, 0.05) is 23.8 Å². The maximum absolute atomic E-state index is 6.12. The minimum Gasteiger partial charge on any atom is -0.342 e. The van der Waals surface area contributed by atoms with E-state index >= 15 is 0 Å². The van der Waals surface area contributed by atoms with Gasteiger partial charge >= 0.3 is 0 Å². The van der Waals surface area contributed by atoms with Crippen LogP contribution in [0.5, 0.6) is 0 Å². The first-order valence-corrected chi connectivity index (χ1v) is 5.72. The number of pyridine rings is 1. The van der Waals surface area contributed by atoms with Gasteiger partial charge in [-0.1, -0.05) is 24.9 Å². The molecule has 2 aromatic heterocycles. The molecule has 0 saturated carbocycles. The van der Waals surface area contributed by atoms with E-state index in [1.54, 1.807) is 6.20 Å². The molecule has 2 rings (SSSR count). The monoisotopic (exact) mass is 222 g/mol. The molecule has 0 aliphatic rings. The second-order valence-electron chi connectivity index (χ2n) is 3.83. The summed E-state index contributed by atoms with van der Waals surface area (Å²) in [6, 6.07) is 4.18. The van der Waals surface area contributed by atoms with Crippen LogP contribution in [0.3, 0.4) is 0 Å². The molecule has 80 valence electrons. The molecule has 0 aliphatic heterocycles. The lowest BCUT2D eigenvalue weighted by atomic mass is 10.3. The Morgan fingerprint density at radius 2 is 2.27 bits per heavy atom. The van der Waals surface area contributed by atoms with Gasteiger partial charge in [-0.15, -0.1) is 0 Å². The molecule has 0 aromatic carbocycles. The average molecular weight is 223 g/mol. The lowest BCUT2D eigenvalue weighted by molar-refractivity contribution is 0.637. The van der Waals surface area contributed by atoms with Crippen molar-refractivity contribution in [2.45, 2.75) is 33.2 Å². The molecular weight excluding hydrogens is 208 g/mol. The number of hydrogen-bond acceptors (Lipinski definition) is 1. The first kappa shape index (κ1) is 10.5. The quantitative estimate of drug-likeness (QED) is 0.723. The van der Waals surface area contributed by atoms with E-state index < -0.39 is 0 Å². The van der Waals surface area contributed by atoms with Crippen molar-refractivity contribution in [2.75, 3.05) is 0 Å². The van der Waals surface area contributed by atoms with Crippen LogP contribution in [0.1, 0.15) is 25.5 Å². The van der Waals surface area contributed by atoms with Crippen molar-refractivity contribution in [3.63, 3.8) is 0 Å². The highest BCUT2D eigenvalue weighted by atomic mass is 35.5. The fourth-order valence-corrected chi connectivity index (χ4v) is 2.18. The number of halogens is 1. The van der Waals surface area contributed by atoms with E-state index in [1.165, 1.54) is 23.9 Å². The molecule has 0 saturated heterocycles. The Bertz CT molecular complexity index is 474. The number of unbranched alkanes of at least 4 members (excludes halogenated alkanes) is 1. The van der Waals surface area contributed by atoms with E-state index in [1.807, 2.05) is 6.07 Å². The number of aromatic nitrogens is 2. The molecule has 0 N–H and O–H groups in total. The Morgan fingerprint density at radius 1 is 1.47 bits per heavy atom. The van der Waals surface area contributed by atoms with Gasteiger partial charge in [-0.25, -0.2) is 4.98 Å². The standard InChI is InChI=1S/C12H15ClN2/c1-3-4-7-15-9(2)8-10-5-6-14-12(13)11(10)15/h5-6,8H,3-4,7H2,1-2H3. The van der Waals surface area contributed by atoms with Crippen LogP contribution in [0.2, 0.25) is 5.15 Å². The lowest BCUT2D eigenvalue weighted by Crippen LogP contribution is -2.00. The molecule has 0 spiro atoms. The van der Waals surface area contributed by atoms with Crippen molar-refractivity contribution in [1.82, 2.24) is 9.55 Å². The molecule has 0 amide bonds. The van der Waals surface area contributed by atoms with E-state index in [9.17, 15) is 0 Å². The smallest absolute Gasteiger partial charge is 0.153 e. The Labute approximate surface area is 94.9 Å². The van der Waals surface area contributed by atoms with Crippen LogP contribution in [0.25, 0.3) is 10.9 Å². The topological polar surface area (TPSA) is 17.8 Å². The Hall–Kier alpha value is -1.02. The predicted molar refractivity (Wildman–Crippen MR) is 64.4 cm³/mol. The van der Waals surface area contributed by atoms with Crippen molar-refractivity contribution in [3.8, 4) is 0 Å².